The molecule has 0 unspecified atom stereocenters. The summed E-state index contributed by atoms with van der Waals surface area (Å²) in [7, 11) is 0. The fourth-order valence-corrected chi connectivity index (χ4v) is 2.42. The van der Waals surface area contributed by atoms with Crippen LogP contribution in [0, 0.1) is 0 Å². The monoisotopic (exact) mass is 238 g/mol. The molecule has 0 aliphatic carbocycles. The summed E-state index contributed by atoms with van der Waals surface area (Å²) in [5.41, 5.74) is 2.36. The average molecular weight is 238 g/mol. The Bertz CT molecular complexity index is 289. The number of rotatable bonds is 8. The van der Waals surface area contributed by atoms with Crippen LogP contribution in [0.15, 0.2) is 18.3 Å². The van der Waals surface area contributed by atoms with Gasteiger partial charge in [-0.15, -0.1) is 0 Å². The van der Waals surface area contributed by atoms with Crippen LogP contribution < -0.4 is 5.32 Å². The predicted octanol–water partition coefficient (Wildman–Crippen LogP) is 3.94. The first kappa shape index (κ1) is 13.4. The summed E-state index contributed by atoms with van der Waals surface area (Å²) >= 11 is 1.98. The molecule has 16 heavy (non-hydrogen) atoms. The van der Waals surface area contributed by atoms with Gasteiger partial charge in [-0.25, -0.2) is 0 Å². The minimum absolute atomic E-state index is 0.965. The molecule has 0 aromatic carbocycles. The van der Waals surface area contributed by atoms with E-state index in [1.165, 1.54) is 36.4 Å². The van der Waals surface area contributed by atoms with Crippen LogP contribution in [0.4, 0.5) is 5.69 Å². The van der Waals surface area contributed by atoms with Gasteiger partial charge in [-0.05, 0) is 31.2 Å². The molecule has 1 aromatic rings. The van der Waals surface area contributed by atoms with Crippen LogP contribution in [-0.4, -0.2) is 17.3 Å². The molecule has 1 N–H and O–H groups in total. The highest BCUT2D eigenvalue weighted by molar-refractivity contribution is 7.98. The van der Waals surface area contributed by atoms with Crippen molar-refractivity contribution in [3.63, 3.8) is 0 Å². The van der Waals surface area contributed by atoms with Gasteiger partial charge in [-0.1, -0.05) is 19.8 Å². The van der Waals surface area contributed by atoms with Crippen molar-refractivity contribution >= 4 is 17.4 Å². The van der Waals surface area contributed by atoms with Crippen molar-refractivity contribution in [2.45, 2.75) is 38.9 Å². The maximum atomic E-state index is 4.38. The second kappa shape index (κ2) is 8.45. The van der Waals surface area contributed by atoms with Gasteiger partial charge in [-0.3, -0.25) is 4.98 Å². The maximum absolute atomic E-state index is 4.38. The zero-order chi connectivity index (χ0) is 11.6. The Morgan fingerprint density at radius 2 is 2.19 bits per heavy atom. The molecule has 0 fully saturated rings. The van der Waals surface area contributed by atoms with Crippen molar-refractivity contribution in [1.29, 1.82) is 0 Å². The average Bonchev–Trinajstić information content (AvgIpc) is 2.30. The lowest BCUT2D eigenvalue weighted by molar-refractivity contribution is 0.778. The first-order valence-corrected chi connectivity index (χ1v) is 7.28. The molecule has 0 spiro atoms. The van der Waals surface area contributed by atoms with Crippen molar-refractivity contribution in [3.05, 3.63) is 24.0 Å². The van der Waals surface area contributed by atoms with Gasteiger partial charge < -0.3 is 5.32 Å². The maximum Gasteiger partial charge on any atom is 0.0523 e. The summed E-state index contributed by atoms with van der Waals surface area (Å²) in [6.45, 7) is 5.32. The number of nitrogens with zero attached hydrogens (tertiary/aromatic N) is 1. The van der Waals surface area contributed by atoms with Crippen LogP contribution in [0.2, 0.25) is 0 Å². The van der Waals surface area contributed by atoms with E-state index in [0.29, 0.717) is 0 Å². The lowest BCUT2D eigenvalue weighted by Gasteiger charge is -2.05. The molecular weight excluding hydrogens is 216 g/mol. The number of hydrogen-bond acceptors (Lipinski definition) is 3. The first-order valence-electron chi connectivity index (χ1n) is 6.13. The van der Waals surface area contributed by atoms with Crippen molar-refractivity contribution in [2.24, 2.45) is 0 Å². The number of nitrogens with one attached hydrogen (secondary N) is 1. The van der Waals surface area contributed by atoms with E-state index in [0.717, 1.165) is 12.3 Å². The lowest BCUT2D eigenvalue weighted by Crippen LogP contribution is -1.98. The van der Waals surface area contributed by atoms with E-state index < -0.39 is 0 Å². The molecule has 0 bridgehead atoms. The summed E-state index contributed by atoms with van der Waals surface area (Å²) < 4.78 is 0. The highest BCUT2D eigenvalue weighted by atomic mass is 32.2. The number of thioether (sulfide) groups is 1. The topological polar surface area (TPSA) is 24.9 Å². The fourth-order valence-electron chi connectivity index (χ4n) is 1.50. The summed E-state index contributed by atoms with van der Waals surface area (Å²) in [6, 6.07) is 4.17. The Hall–Kier alpha value is -0.700. The molecule has 0 aliphatic rings. The van der Waals surface area contributed by atoms with E-state index in [2.05, 4.69) is 30.2 Å². The van der Waals surface area contributed by atoms with Crippen molar-refractivity contribution in [3.8, 4) is 0 Å². The predicted molar refractivity (Wildman–Crippen MR) is 74.1 cm³/mol. The van der Waals surface area contributed by atoms with Gasteiger partial charge in [0.1, 0.15) is 0 Å². The Morgan fingerprint density at radius 1 is 1.31 bits per heavy atom. The van der Waals surface area contributed by atoms with E-state index in [1.807, 2.05) is 24.0 Å². The molecule has 0 saturated heterocycles. The van der Waals surface area contributed by atoms with E-state index in [9.17, 15) is 0 Å². The molecule has 90 valence electrons. The Labute approximate surface area is 103 Å². The van der Waals surface area contributed by atoms with Crippen LogP contribution >= 0.6 is 11.8 Å². The third-order valence-electron chi connectivity index (χ3n) is 2.34. The Kier molecular flexibility index (Phi) is 7.06. The van der Waals surface area contributed by atoms with Gasteiger partial charge in [0.15, 0.2) is 0 Å². The summed E-state index contributed by atoms with van der Waals surface area (Å²) in [4.78, 5) is 4.38. The fraction of sp³-hybridized carbons (Fsp3) is 0.615. The van der Waals surface area contributed by atoms with Gasteiger partial charge >= 0.3 is 0 Å². The van der Waals surface area contributed by atoms with Crippen molar-refractivity contribution in [2.75, 3.05) is 17.6 Å². The second-order valence-corrected chi connectivity index (χ2v) is 4.93. The quantitative estimate of drug-likeness (QED) is 0.694. The number of hydrogen-bond donors (Lipinski definition) is 1. The zero-order valence-electron chi connectivity index (χ0n) is 10.3. The van der Waals surface area contributed by atoms with E-state index in [1.54, 1.807) is 0 Å². The lowest BCUT2D eigenvalue weighted by atomic mass is 10.3. The number of pyridine rings is 1. The SMILES string of the molecule is CCCCCSCc1cc(NCC)ccn1. The van der Waals surface area contributed by atoms with E-state index >= 15 is 0 Å². The smallest absolute Gasteiger partial charge is 0.0523 e. The molecule has 1 rings (SSSR count). The minimum Gasteiger partial charge on any atom is -0.385 e. The number of unbranched alkanes of at least 4 members (excludes halogenated alkanes) is 2. The van der Waals surface area contributed by atoms with Gasteiger partial charge in [0, 0.05) is 24.2 Å². The van der Waals surface area contributed by atoms with E-state index in [-0.39, 0.29) is 0 Å². The van der Waals surface area contributed by atoms with Crippen LogP contribution in [0.1, 0.15) is 38.8 Å². The van der Waals surface area contributed by atoms with Crippen LogP contribution in [-0.2, 0) is 5.75 Å². The standard InChI is InChI=1S/C13H22N2S/c1-3-5-6-9-16-11-13-10-12(14-4-2)7-8-15-13/h7-8,10H,3-6,9,11H2,1-2H3,(H,14,15). The molecule has 0 radical (unpaired) electrons. The van der Waals surface area contributed by atoms with Gasteiger partial charge in [-0.2, -0.15) is 11.8 Å². The Balaban J connectivity index is 2.27. The zero-order valence-corrected chi connectivity index (χ0v) is 11.1. The molecule has 0 atom stereocenters. The normalized spacial score (nSPS) is 10.4. The van der Waals surface area contributed by atoms with Gasteiger partial charge in [0.05, 0.1) is 5.69 Å². The second-order valence-electron chi connectivity index (χ2n) is 3.83. The third-order valence-corrected chi connectivity index (χ3v) is 3.42. The van der Waals surface area contributed by atoms with Gasteiger partial charge in [0.2, 0.25) is 0 Å². The molecule has 2 nitrogen and oxygen atoms in total. The summed E-state index contributed by atoms with van der Waals surface area (Å²) in [6.07, 6.45) is 5.86. The van der Waals surface area contributed by atoms with Crippen LogP contribution in [0.5, 0.6) is 0 Å². The highest BCUT2D eigenvalue weighted by Crippen LogP contribution is 2.15. The third kappa shape index (κ3) is 5.40. The number of anilines is 1. The first-order chi connectivity index (χ1) is 7.86. The molecule has 0 aliphatic heterocycles. The molecule has 3 heteroatoms. The van der Waals surface area contributed by atoms with E-state index in [4.69, 9.17) is 0 Å². The summed E-state index contributed by atoms with van der Waals surface area (Å²) in [5.74, 6) is 2.28. The molecule has 0 saturated carbocycles. The van der Waals surface area contributed by atoms with Crippen molar-refractivity contribution in [1.82, 2.24) is 4.98 Å². The number of aromatic nitrogens is 1. The molecule has 1 aromatic heterocycles. The highest BCUT2D eigenvalue weighted by Gasteiger charge is 1.97. The molecular formula is C13H22N2S. The minimum atomic E-state index is 0.965. The molecule has 0 amide bonds. The summed E-state index contributed by atoms with van der Waals surface area (Å²) in [5, 5.41) is 3.31. The van der Waals surface area contributed by atoms with Crippen molar-refractivity contribution < 1.29 is 0 Å². The van der Waals surface area contributed by atoms with Gasteiger partial charge in [0.25, 0.3) is 0 Å². The van der Waals surface area contributed by atoms with Crippen LogP contribution in [0.3, 0.4) is 0 Å². The van der Waals surface area contributed by atoms with Crippen LogP contribution in [0.25, 0.3) is 0 Å². The Morgan fingerprint density at radius 3 is 2.94 bits per heavy atom. The molecule has 1 heterocycles. The largest absolute Gasteiger partial charge is 0.385 e.